The number of aromatic carboxylic acids is 1. The highest BCUT2D eigenvalue weighted by Crippen LogP contribution is 2.16. The number of aryl methyl sites for hydroxylation is 1. The molecule has 0 saturated carbocycles. The average molecular weight is 271 g/mol. The molecule has 4 N–H and O–H groups in total. The van der Waals surface area contributed by atoms with Crippen molar-refractivity contribution >= 4 is 23.3 Å². The van der Waals surface area contributed by atoms with E-state index in [4.69, 9.17) is 10.8 Å². The molecule has 6 nitrogen and oxygen atoms in total. The Bertz CT molecular complexity index is 666. The molecule has 0 aliphatic carbocycles. The van der Waals surface area contributed by atoms with Gasteiger partial charge in [-0.05, 0) is 36.8 Å². The van der Waals surface area contributed by atoms with Crippen molar-refractivity contribution in [2.24, 2.45) is 0 Å². The molecule has 20 heavy (non-hydrogen) atoms. The highest BCUT2D eigenvalue weighted by atomic mass is 16.4. The fraction of sp³-hybridized carbons (Fsp3) is 0.0714. The van der Waals surface area contributed by atoms with Crippen LogP contribution >= 0.6 is 0 Å². The van der Waals surface area contributed by atoms with Gasteiger partial charge in [0.15, 0.2) is 0 Å². The number of nitrogen functional groups attached to an aromatic ring is 1. The van der Waals surface area contributed by atoms with E-state index in [0.29, 0.717) is 16.9 Å². The van der Waals surface area contributed by atoms with E-state index >= 15 is 0 Å². The van der Waals surface area contributed by atoms with Crippen LogP contribution in [0.3, 0.4) is 0 Å². The van der Waals surface area contributed by atoms with Crippen molar-refractivity contribution in [2.45, 2.75) is 6.92 Å². The molecule has 1 amide bonds. The van der Waals surface area contributed by atoms with Gasteiger partial charge in [0.2, 0.25) is 0 Å². The molecule has 0 atom stereocenters. The van der Waals surface area contributed by atoms with Crippen LogP contribution in [-0.4, -0.2) is 22.0 Å². The number of hydrogen-bond donors (Lipinski definition) is 3. The lowest BCUT2D eigenvalue weighted by Crippen LogP contribution is -2.14. The van der Waals surface area contributed by atoms with Crippen molar-refractivity contribution in [3.05, 3.63) is 53.3 Å². The van der Waals surface area contributed by atoms with Gasteiger partial charge in [0.05, 0.1) is 17.4 Å². The second-order valence-electron chi connectivity index (χ2n) is 4.27. The zero-order valence-electron chi connectivity index (χ0n) is 10.8. The largest absolute Gasteiger partial charge is 0.478 e. The van der Waals surface area contributed by atoms with E-state index in [1.165, 1.54) is 18.3 Å². The van der Waals surface area contributed by atoms with Crippen LogP contribution in [0.2, 0.25) is 0 Å². The lowest BCUT2D eigenvalue weighted by atomic mass is 10.1. The Morgan fingerprint density at radius 3 is 2.60 bits per heavy atom. The van der Waals surface area contributed by atoms with Gasteiger partial charge in [-0.25, -0.2) is 9.78 Å². The quantitative estimate of drug-likeness (QED) is 0.791. The average Bonchev–Trinajstić information content (AvgIpc) is 2.41. The summed E-state index contributed by atoms with van der Waals surface area (Å²) in [5.41, 5.74) is 7.33. The van der Waals surface area contributed by atoms with Crippen LogP contribution in [-0.2, 0) is 0 Å². The van der Waals surface area contributed by atoms with Crippen molar-refractivity contribution in [1.29, 1.82) is 0 Å². The predicted octanol–water partition coefficient (Wildman–Crippen LogP) is 1.92. The highest BCUT2D eigenvalue weighted by molar-refractivity contribution is 6.03. The summed E-state index contributed by atoms with van der Waals surface area (Å²) in [6, 6.07) is 7.75. The molecule has 0 radical (unpaired) electrons. The maximum atomic E-state index is 11.9. The first-order chi connectivity index (χ1) is 9.47. The SMILES string of the molecule is Cc1ccc(NC(=O)c2ccc(N)cn2)cc1C(=O)O. The molecule has 1 aromatic carbocycles. The summed E-state index contributed by atoms with van der Waals surface area (Å²) in [4.78, 5) is 26.9. The Morgan fingerprint density at radius 1 is 1.25 bits per heavy atom. The first-order valence-electron chi connectivity index (χ1n) is 5.84. The number of nitrogens with two attached hydrogens (primary N) is 1. The zero-order valence-corrected chi connectivity index (χ0v) is 10.8. The minimum atomic E-state index is -1.04. The summed E-state index contributed by atoms with van der Waals surface area (Å²) in [5, 5.41) is 11.6. The van der Waals surface area contributed by atoms with Crippen LogP contribution in [0, 0.1) is 6.92 Å². The lowest BCUT2D eigenvalue weighted by Gasteiger charge is -2.07. The van der Waals surface area contributed by atoms with E-state index in [1.54, 1.807) is 25.1 Å². The fourth-order valence-electron chi connectivity index (χ4n) is 1.66. The van der Waals surface area contributed by atoms with E-state index in [0.717, 1.165) is 0 Å². The number of rotatable bonds is 3. The molecule has 2 aromatic rings. The van der Waals surface area contributed by atoms with Crippen molar-refractivity contribution in [3.8, 4) is 0 Å². The van der Waals surface area contributed by atoms with Crippen LogP contribution in [0.15, 0.2) is 36.5 Å². The molecular weight excluding hydrogens is 258 g/mol. The third-order valence-electron chi connectivity index (χ3n) is 2.74. The van der Waals surface area contributed by atoms with E-state index in [1.807, 2.05) is 0 Å². The Labute approximate surface area is 115 Å². The Kier molecular flexibility index (Phi) is 3.65. The van der Waals surface area contributed by atoms with Gasteiger partial charge in [-0.2, -0.15) is 0 Å². The number of aromatic nitrogens is 1. The maximum absolute atomic E-state index is 11.9. The lowest BCUT2D eigenvalue weighted by molar-refractivity contribution is 0.0695. The number of amides is 1. The molecule has 0 fully saturated rings. The normalized spacial score (nSPS) is 10.1. The topological polar surface area (TPSA) is 105 Å². The number of carbonyl (C=O) groups is 2. The summed E-state index contributed by atoms with van der Waals surface area (Å²) in [6.07, 6.45) is 1.38. The van der Waals surface area contributed by atoms with Crippen LogP contribution in [0.25, 0.3) is 0 Å². The molecule has 1 aromatic heterocycles. The van der Waals surface area contributed by atoms with Gasteiger partial charge >= 0.3 is 5.97 Å². The maximum Gasteiger partial charge on any atom is 0.336 e. The number of hydrogen-bond acceptors (Lipinski definition) is 4. The third-order valence-corrected chi connectivity index (χ3v) is 2.74. The van der Waals surface area contributed by atoms with Gasteiger partial charge in [0.1, 0.15) is 5.69 Å². The van der Waals surface area contributed by atoms with Crippen molar-refractivity contribution in [1.82, 2.24) is 4.98 Å². The third kappa shape index (κ3) is 2.92. The molecule has 0 saturated heterocycles. The summed E-state index contributed by atoms with van der Waals surface area (Å²) in [5.74, 6) is -1.46. The molecule has 6 heteroatoms. The molecule has 2 rings (SSSR count). The Balaban J connectivity index is 2.21. The Morgan fingerprint density at radius 2 is 2.00 bits per heavy atom. The second kappa shape index (κ2) is 5.40. The van der Waals surface area contributed by atoms with Crippen molar-refractivity contribution in [2.75, 3.05) is 11.1 Å². The van der Waals surface area contributed by atoms with Crippen molar-refractivity contribution in [3.63, 3.8) is 0 Å². The molecular formula is C14H13N3O3. The van der Waals surface area contributed by atoms with Crippen LogP contribution < -0.4 is 11.1 Å². The standard InChI is InChI=1S/C14H13N3O3/c1-8-2-4-10(6-11(8)14(19)20)17-13(18)12-5-3-9(15)7-16-12/h2-7H,15H2,1H3,(H,17,18)(H,19,20). The predicted molar refractivity (Wildman–Crippen MR) is 74.7 cm³/mol. The van der Waals surface area contributed by atoms with Gasteiger partial charge in [-0.15, -0.1) is 0 Å². The van der Waals surface area contributed by atoms with Gasteiger partial charge in [-0.3, -0.25) is 4.79 Å². The number of carboxylic acid groups (broad SMARTS) is 1. The molecule has 0 aliphatic heterocycles. The van der Waals surface area contributed by atoms with Gasteiger partial charge in [0, 0.05) is 5.69 Å². The van der Waals surface area contributed by atoms with Crippen molar-refractivity contribution < 1.29 is 14.7 Å². The number of carbonyl (C=O) groups excluding carboxylic acids is 1. The van der Waals surface area contributed by atoms with E-state index < -0.39 is 11.9 Å². The molecule has 0 spiro atoms. The molecule has 0 bridgehead atoms. The second-order valence-corrected chi connectivity index (χ2v) is 4.27. The zero-order chi connectivity index (χ0) is 14.7. The first-order valence-corrected chi connectivity index (χ1v) is 5.84. The van der Waals surface area contributed by atoms with E-state index in [2.05, 4.69) is 10.3 Å². The van der Waals surface area contributed by atoms with Gasteiger partial charge in [0.25, 0.3) is 5.91 Å². The van der Waals surface area contributed by atoms with Gasteiger partial charge < -0.3 is 16.2 Å². The van der Waals surface area contributed by atoms with Crippen LogP contribution in [0.4, 0.5) is 11.4 Å². The van der Waals surface area contributed by atoms with Crippen LogP contribution in [0.5, 0.6) is 0 Å². The molecule has 1 heterocycles. The highest BCUT2D eigenvalue weighted by Gasteiger charge is 2.11. The molecule has 0 aliphatic rings. The number of pyridine rings is 1. The summed E-state index contributed by atoms with van der Waals surface area (Å²) in [7, 11) is 0. The summed E-state index contributed by atoms with van der Waals surface area (Å²) in [6.45, 7) is 1.69. The van der Waals surface area contributed by atoms with Crippen LogP contribution in [0.1, 0.15) is 26.4 Å². The Hall–Kier alpha value is -2.89. The summed E-state index contributed by atoms with van der Waals surface area (Å²) >= 11 is 0. The number of nitrogens with zero attached hydrogens (tertiary/aromatic N) is 1. The van der Waals surface area contributed by atoms with E-state index in [-0.39, 0.29) is 11.3 Å². The number of anilines is 2. The number of benzene rings is 1. The smallest absolute Gasteiger partial charge is 0.336 e. The molecule has 0 unspecified atom stereocenters. The van der Waals surface area contributed by atoms with E-state index in [9.17, 15) is 9.59 Å². The summed E-state index contributed by atoms with van der Waals surface area (Å²) < 4.78 is 0. The number of carboxylic acids is 1. The fourth-order valence-corrected chi connectivity index (χ4v) is 1.66. The minimum absolute atomic E-state index is 0.146. The monoisotopic (exact) mass is 271 g/mol. The molecule has 102 valence electrons. The van der Waals surface area contributed by atoms with Gasteiger partial charge in [-0.1, -0.05) is 6.07 Å². The minimum Gasteiger partial charge on any atom is -0.478 e. The number of nitrogens with one attached hydrogen (secondary N) is 1. The first kappa shape index (κ1) is 13.5.